The van der Waals surface area contributed by atoms with E-state index in [2.05, 4.69) is 5.32 Å². The molecule has 3 heteroatoms. The highest BCUT2D eigenvalue weighted by Gasteiger charge is 2.25. The Labute approximate surface area is 67.8 Å². The molecule has 0 aliphatic carbocycles. The molecule has 1 heterocycles. The monoisotopic (exact) mass is 157 g/mol. The average Bonchev–Trinajstić information content (AvgIpc) is 2.40. The third-order valence-corrected chi connectivity index (χ3v) is 2.33. The van der Waals surface area contributed by atoms with E-state index >= 15 is 0 Å². The van der Waals surface area contributed by atoms with Gasteiger partial charge in [0.15, 0.2) is 0 Å². The number of amides is 1. The van der Waals surface area contributed by atoms with Crippen LogP contribution in [0.15, 0.2) is 0 Å². The van der Waals surface area contributed by atoms with Gasteiger partial charge in [0.2, 0.25) is 5.91 Å². The van der Waals surface area contributed by atoms with Gasteiger partial charge in [-0.2, -0.15) is 0 Å². The number of carbonyl (C=O) groups excluding carboxylic acids is 1. The lowest BCUT2D eigenvalue weighted by atomic mass is 10.2. The first-order chi connectivity index (χ1) is 5.25. The molecule has 0 spiro atoms. The molecule has 11 heavy (non-hydrogen) atoms. The molecule has 0 radical (unpaired) electrons. The van der Waals surface area contributed by atoms with Crippen LogP contribution < -0.4 is 5.32 Å². The summed E-state index contributed by atoms with van der Waals surface area (Å²) < 4.78 is 0. The summed E-state index contributed by atoms with van der Waals surface area (Å²) in [5.74, 6) is 0.216. The summed E-state index contributed by atoms with van der Waals surface area (Å²) in [5, 5.41) is 2.27. The first-order valence-corrected chi connectivity index (χ1v) is 4.34. The Morgan fingerprint density at radius 1 is 1.73 bits per heavy atom. The predicted octanol–water partition coefficient (Wildman–Crippen LogP) is -0.809. The summed E-state index contributed by atoms with van der Waals surface area (Å²) in [6.07, 6.45) is 1.16. The standard InChI is InChI=1S/C8H16N2O/c1-3-10(7(2)11)8-4-5-9-6-8/h8-9H,3-6H2,1-2H3/p+1/t8-/m1/s1. The van der Waals surface area contributed by atoms with Crippen LogP contribution in [0.3, 0.4) is 0 Å². The number of rotatable bonds is 2. The summed E-state index contributed by atoms with van der Waals surface area (Å²) in [7, 11) is 0. The van der Waals surface area contributed by atoms with E-state index in [1.807, 2.05) is 11.8 Å². The number of carbonyl (C=O) groups is 1. The first kappa shape index (κ1) is 8.53. The summed E-state index contributed by atoms with van der Waals surface area (Å²) in [5.41, 5.74) is 0. The Balaban J connectivity index is 2.46. The van der Waals surface area contributed by atoms with Crippen LogP contribution in [0.25, 0.3) is 0 Å². The Morgan fingerprint density at radius 3 is 2.82 bits per heavy atom. The van der Waals surface area contributed by atoms with Crippen LogP contribution in [0.2, 0.25) is 0 Å². The second-order valence-corrected chi connectivity index (χ2v) is 3.06. The van der Waals surface area contributed by atoms with E-state index in [-0.39, 0.29) is 5.91 Å². The summed E-state index contributed by atoms with van der Waals surface area (Å²) in [4.78, 5) is 13.0. The minimum atomic E-state index is 0.216. The quantitative estimate of drug-likeness (QED) is 0.559. The molecular formula is C8H17N2O+. The van der Waals surface area contributed by atoms with Crippen LogP contribution in [0.5, 0.6) is 0 Å². The van der Waals surface area contributed by atoms with Gasteiger partial charge in [-0.05, 0) is 6.92 Å². The zero-order valence-corrected chi connectivity index (χ0v) is 7.34. The molecule has 0 aromatic carbocycles. The summed E-state index contributed by atoms with van der Waals surface area (Å²) in [6, 6.07) is 0.498. The molecule has 0 saturated carbocycles. The van der Waals surface area contributed by atoms with Crippen molar-refractivity contribution in [3.63, 3.8) is 0 Å². The predicted molar refractivity (Wildman–Crippen MR) is 43.1 cm³/mol. The van der Waals surface area contributed by atoms with Gasteiger partial charge in [-0.3, -0.25) is 4.79 Å². The number of nitrogens with zero attached hydrogens (tertiary/aromatic N) is 1. The molecule has 0 unspecified atom stereocenters. The minimum Gasteiger partial charge on any atom is -0.344 e. The molecule has 1 amide bonds. The van der Waals surface area contributed by atoms with Gasteiger partial charge in [0, 0.05) is 19.9 Å². The highest BCUT2D eigenvalue weighted by molar-refractivity contribution is 5.73. The van der Waals surface area contributed by atoms with Crippen molar-refractivity contribution in [1.82, 2.24) is 4.90 Å². The van der Waals surface area contributed by atoms with E-state index in [4.69, 9.17) is 0 Å². The zero-order chi connectivity index (χ0) is 8.27. The maximum Gasteiger partial charge on any atom is 0.219 e. The number of hydrogen-bond donors (Lipinski definition) is 1. The number of likely N-dealkylation sites (N-methyl/N-ethyl adjacent to an activating group) is 1. The highest BCUT2D eigenvalue weighted by atomic mass is 16.2. The van der Waals surface area contributed by atoms with Gasteiger partial charge in [-0.25, -0.2) is 0 Å². The largest absolute Gasteiger partial charge is 0.344 e. The molecule has 2 N–H and O–H groups in total. The Bertz CT molecular complexity index is 141. The van der Waals surface area contributed by atoms with Crippen molar-refractivity contribution in [3.05, 3.63) is 0 Å². The van der Waals surface area contributed by atoms with E-state index in [1.165, 1.54) is 6.54 Å². The van der Waals surface area contributed by atoms with Crippen molar-refractivity contribution in [2.75, 3.05) is 19.6 Å². The molecule has 1 atom stereocenters. The molecule has 1 rings (SSSR count). The topological polar surface area (TPSA) is 36.9 Å². The normalized spacial score (nSPS) is 23.6. The van der Waals surface area contributed by atoms with Gasteiger partial charge in [0.05, 0.1) is 19.1 Å². The van der Waals surface area contributed by atoms with Gasteiger partial charge in [-0.15, -0.1) is 0 Å². The van der Waals surface area contributed by atoms with Gasteiger partial charge in [-0.1, -0.05) is 0 Å². The van der Waals surface area contributed by atoms with Crippen LogP contribution in [0.4, 0.5) is 0 Å². The van der Waals surface area contributed by atoms with Gasteiger partial charge in [0.25, 0.3) is 0 Å². The second kappa shape index (κ2) is 3.72. The molecule has 1 aliphatic heterocycles. The first-order valence-electron chi connectivity index (χ1n) is 4.34. The van der Waals surface area contributed by atoms with E-state index in [0.717, 1.165) is 19.5 Å². The second-order valence-electron chi connectivity index (χ2n) is 3.06. The summed E-state index contributed by atoms with van der Waals surface area (Å²) in [6.45, 7) is 6.82. The molecule has 1 aliphatic rings. The van der Waals surface area contributed by atoms with Crippen molar-refractivity contribution in [2.45, 2.75) is 26.3 Å². The number of quaternary nitrogens is 1. The van der Waals surface area contributed by atoms with Crippen LogP contribution in [0.1, 0.15) is 20.3 Å². The maximum absolute atomic E-state index is 11.1. The molecule has 1 fully saturated rings. The van der Waals surface area contributed by atoms with Crippen LogP contribution in [0, 0.1) is 0 Å². The third-order valence-electron chi connectivity index (χ3n) is 2.33. The van der Waals surface area contributed by atoms with E-state index in [9.17, 15) is 4.79 Å². The average molecular weight is 157 g/mol. The Hall–Kier alpha value is -0.570. The van der Waals surface area contributed by atoms with Crippen molar-refractivity contribution in [2.24, 2.45) is 0 Å². The van der Waals surface area contributed by atoms with Gasteiger partial charge in [0.1, 0.15) is 0 Å². The zero-order valence-electron chi connectivity index (χ0n) is 7.34. The van der Waals surface area contributed by atoms with Gasteiger partial charge < -0.3 is 10.2 Å². The van der Waals surface area contributed by atoms with Crippen LogP contribution >= 0.6 is 0 Å². The Kier molecular flexibility index (Phi) is 2.88. The fourth-order valence-electron chi connectivity index (χ4n) is 1.76. The molecule has 1 saturated heterocycles. The minimum absolute atomic E-state index is 0.216. The van der Waals surface area contributed by atoms with E-state index in [1.54, 1.807) is 6.92 Å². The molecule has 0 aromatic rings. The van der Waals surface area contributed by atoms with Crippen molar-refractivity contribution in [3.8, 4) is 0 Å². The Morgan fingerprint density at radius 2 is 2.45 bits per heavy atom. The lowest BCUT2D eigenvalue weighted by molar-refractivity contribution is -0.637. The number of hydrogen-bond acceptors (Lipinski definition) is 1. The number of nitrogens with two attached hydrogens (primary N) is 1. The highest BCUT2D eigenvalue weighted by Crippen LogP contribution is 2.04. The summed E-state index contributed by atoms with van der Waals surface area (Å²) >= 11 is 0. The molecule has 3 nitrogen and oxygen atoms in total. The third kappa shape index (κ3) is 1.93. The fraction of sp³-hybridized carbons (Fsp3) is 0.875. The van der Waals surface area contributed by atoms with Crippen molar-refractivity contribution < 1.29 is 10.1 Å². The van der Waals surface area contributed by atoms with Crippen LogP contribution in [-0.4, -0.2) is 36.5 Å². The molecular weight excluding hydrogens is 140 g/mol. The van der Waals surface area contributed by atoms with Crippen molar-refractivity contribution >= 4 is 5.91 Å². The molecule has 0 aromatic heterocycles. The van der Waals surface area contributed by atoms with Gasteiger partial charge >= 0.3 is 0 Å². The SMILES string of the molecule is CCN(C(C)=O)[C@@H]1CC[NH2+]C1. The molecule has 0 bridgehead atoms. The van der Waals surface area contributed by atoms with Crippen LogP contribution in [-0.2, 0) is 4.79 Å². The lowest BCUT2D eigenvalue weighted by Gasteiger charge is -2.23. The maximum atomic E-state index is 11.1. The lowest BCUT2D eigenvalue weighted by Crippen LogP contribution is -2.82. The smallest absolute Gasteiger partial charge is 0.219 e. The van der Waals surface area contributed by atoms with E-state index < -0.39 is 0 Å². The van der Waals surface area contributed by atoms with E-state index in [0.29, 0.717) is 6.04 Å². The molecule has 64 valence electrons. The van der Waals surface area contributed by atoms with Crippen molar-refractivity contribution in [1.29, 1.82) is 0 Å². The fourth-order valence-corrected chi connectivity index (χ4v) is 1.76.